The van der Waals surface area contributed by atoms with Crippen LogP contribution >= 0.6 is 0 Å². The Morgan fingerprint density at radius 2 is 2.13 bits per heavy atom. The Hall–Kier alpha value is -0.0800. The van der Waals surface area contributed by atoms with Crippen molar-refractivity contribution < 1.29 is 0 Å². The molecule has 0 bridgehead atoms. The Bertz CT molecular complexity index is 189. The molecule has 0 aromatic heterocycles. The lowest BCUT2D eigenvalue weighted by Gasteiger charge is -2.17. The molecule has 1 aliphatic heterocycles. The van der Waals surface area contributed by atoms with Crippen LogP contribution in [0.4, 0.5) is 0 Å². The van der Waals surface area contributed by atoms with E-state index in [1.165, 1.54) is 51.9 Å². The lowest BCUT2D eigenvalue weighted by Crippen LogP contribution is -2.35. The average Bonchev–Trinajstić information content (AvgIpc) is 2.93. The molecule has 2 rings (SSSR count). The van der Waals surface area contributed by atoms with E-state index in [0.29, 0.717) is 0 Å². The molecule has 0 aromatic carbocycles. The summed E-state index contributed by atoms with van der Waals surface area (Å²) >= 11 is 0. The van der Waals surface area contributed by atoms with Gasteiger partial charge in [0.25, 0.3) is 0 Å². The van der Waals surface area contributed by atoms with Gasteiger partial charge in [0.15, 0.2) is 0 Å². The Morgan fingerprint density at radius 1 is 1.33 bits per heavy atom. The molecule has 2 nitrogen and oxygen atoms in total. The monoisotopic (exact) mass is 210 g/mol. The Balaban J connectivity index is 1.59. The molecule has 1 N–H and O–H groups in total. The zero-order valence-corrected chi connectivity index (χ0v) is 10.3. The van der Waals surface area contributed by atoms with E-state index in [-0.39, 0.29) is 0 Å². The van der Waals surface area contributed by atoms with E-state index >= 15 is 0 Å². The van der Waals surface area contributed by atoms with Crippen molar-refractivity contribution in [3.8, 4) is 0 Å². The van der Waals surface area contributed by atoms with Gasteiger partial charge in [0, 0.05) is 19.1 Å². The first-order valence-corrected chi connectivity index (χ1v) is 6.73. The molecule has 2 heteroatoms. The van der Waals surface area contributed by atoms with Gasteiger partial charge >= 0.3 is 0 Å². The van der Waals surface area contributed by atoms with Crippen LogP contribution in [0.15, 0.2) is 0 Å². The van der Waals surface area contributed by atoms with Crippen molar-refractivity contribution in [2.75, 3.05) is 26.2 Å². The summed E-state index contributed by atoms with van der Waals surface area (Å²) < 4.78 is 0. The molecule has 0 amide bonds. The predicted molar refractivity (Wildman–Crippen MR) is 65.0 cm³/mol. The van der Waals surface area contributed by atoms with Gasteiger partial charge in [0.05, 0.1) is 0 Å². The third kappa shape index (κ3) is 3.76. The van der Waals surface area contributed by atoms with Gasteiger partial charge in [-0.3, -0.25) is 0 Å². The minimum atomic E-state index is 0.776. The fraction of sp³-hybridized carbons (Fsp3) is 1.00. The highest BCUT2D eigenvalue weighted by atomic mass is 15.2. The second kappa shape index (κ2) is 5.31. The van der Waals surface area contributed by atoms with E-state index in [9.17, 15) is 0 Å². The topological polar surface area (TPSA) is 15.3 Å². The first-order valence-electron chi connectivity index (χ1n) is 6.73. The van der Waals surface area contributed by atoms with E-state index < -0.39 is 0 Å². The number of nitrogens with zero attached hydrogens (tertiary/aromatic N) is 1. The number of hydrogen-bond acceptors (Lipinski definition) is 2. The van der Waals surface area contributed by atoms with Gasteiger partial charge < -0.3 is 10.2 Å². The summed E-state index contributed by atoms with van der Waals surface area (Å²) in [4.78, 5) is 2.66. The average molecular weight is 210 g/mol. The first kappa shape index (κ1) is 11.4. The van der Waals surface area contributed by atoms with Gasteiger partial charge in [0.1, 0.15) is 0 Å². The maximum atomic E-state index is 3.71. The summed E-state index contributed by atoms with van der Waals surface area (Å²) in [5, 5.41) is 3.71. The van der Waals surface area contributed by atoms with E-state index in [1.54, 1.807) is 0 Å². The van der Waals surface area contributed by atoms with E-state index in [1.807, 2.05) is 0 Å². The molecule has 0 radical (unpaired) electrons. The standard InChI is InChI=1S/C13H26N2/c1-3-11(2)8-14-13-6-7-15(10-13)9-12-4-5-12/h11-14H,3-10H2,1-2H3. The number of likely N-dealkylation sites (tertiary alicyclic amines) is 1. The van der Waals surface area contributed by atoms with Crippen molar-refractivity contribution in [2.45, 2.75) is 45.6 Å². The van der Waals surface area contributed by atoms with Crippen LogP contribution < -0.4 is 5.32 Å². The van der Waals surface area contributed by atoms with Gasteiger partial charge in [-0.1, -0.05) is 20.3 Å². The molecule has 88 valence electrons. The summed E-state index contributed by atoms with van der Waals surface area (Å²) in [7, 11) is 0. The molecular weight excluding hydrogens is 184 g/mol. The highest BCUT2D eigenvalue weighted by molar-refractivity contribution is 4.85. The molecule has 2 aliphatic rings. The van der Waals surface area contributed by atoms with Crippen LogP contribution in [0.25, 0.3) is 0 Å². The molecule has 2 atom stereocenters. The second-order valence-corrected chi connectivity index (χ2v) is 5.61. The molecule has 0 spiro atoms. The fourth-order valence-electron chi connectivity index (χ4n) is 2.34. The van der Waals surface area contributed by atoms with E-state index in [2.05, 4.69) is 24.1 Å². The molecule has 2 unspecified atom stereocenters. The van der Waals surface area contributed by atoms with Crippen LogP contribution in [-0.4, -0.2) is 37.1 Å². The molecule has 1 saturated carbocycles. The van der Waals surface area contributed by atoms with Gasteiger partial charge in [-0.15, -0.1) is 0 Å². The van der Waals surface area contributed by atoms with E-state index in [4.69, 9.17) is 0 Å². The predicted octanol–water partition coefficient (Wildman–Crippen LogP) is 2.11. The number of rotatable bonds is 6. The number of hydrogen-bond donors (Lipinski definition) is 1. The molecule has 1 aliphatic carbocycles. The first-order chi connectivity index (χ1) is 7.28. The maximum absolute atomic E-state index is 3.71. The minimum absolute atomic E-state index is 0.776. The minimum Gasteiger partial charge on any atom is -0.312 e. The summed E-state index contributed by atoms with van der Waals surface area (Å²) in [6, 6.07) is 0.776. The van der Waals surface area contributed by atoms with Crippen molar-refractivity contribution >= 4 is 0 Å². The molecular formula is C13H26N2. The highest BCUT2D eigenvalue weighted by Crippen LogP contribution is 2.30. The fourth-order valence-corrected chi connectivity index (χ4v) is 2.34. The van der Waals surface area contributed by atoms with Crippen molar-refractivity contribution in [1.82, 2.24) is 10.2 Å². The van der Waals surface area contributed by atoms with Crippen molar-refractivity contribution in [2.24, 2.45) is 11.8 Å². The quantitative estimate of drug-likeness (QED) is 0.722. The maximum Gasteiger partial charge on any atom is 0.0207 e. The Kier molecular flexibility index (Phi) is 4.04. The van der Waals surface area contributed by atoms with Gasteiger partial charge in [-0.05, 0) is 44.2 Å². The summed E-state index contributed by atoms with van der Waals surface area (Å²) in [6.45, 7) is 9.83. The summed E-state index contributed by atoms with van der Waals surface area (Å²) in [5.74, 6) is 1.89. The van der Waals surface area contributed by atoms with Crippen LogP contribution in [-0.2, 0) is 0 Å². The van der Waals surface area contributed by atoms with Crippen LogP contribution in [0.2, 0.25) is 0 Å². The van der Waals surface area contributed by atoms with Crippen LogP contribution in [0.5, 0.6) is 0 Å². The van der Waals surface area contributed by atoms with Crippen molar-refractivity contribution in [3.05, 3.63) is 0 Å². The van der Waals surface area contributed by atoms with Crippen molar-refractivity contribution in [3.63, 3.8) is 0 Å². The Labute approximate surface area is 94.4 Å². The molecule has 15 heavy (non-hydrogen) atoms. The zero-order chi connectivity index (χ0) is 10.7. The largest absolute Gasteiger partial charge is 0.312 e. The van der Waals surface area contributed by atoms with Crippen LogP contribution in [0.3, 0.4) is 0 Å². The smallest absolute Gasteiger partial charge is 0.0207 e. The van der Waals surface area contributed by atoms with Gasteiger partial charge in [-0.2, -0.15) is 0 Å². The SMILES string of the molecule is CCC(C)CNC1CCN(CC2CC2)C1. The second-order valence-electron chi connectivity index (χ2n) is 5.61. The molecule has 2 fully saturated rings. The van der Waals surface area contributed by atoms with E-state index in [0.717, 1.165) is 17.9 Å². The molecule has 0 aromatic rings. The van der Waals surface area contributed by atoms with Gasteiger partial charge in [-0.25, -0.2) is 0 Å². The third-order valence-corrected chi connectivity index (χ3v) is 3.94. The third-order valence-electron chi connectivity index (χ3n) is 3.94. The highest BCUT2D eigenvalue weighted by Gasteiger charge is 2.28. The molecule has 1 heterocycles. The summed E-state index contributed by atoms with van der Waals surface area (Å²) in [6.07, 6.45) is 5.64. The van der Waals surface area contributed by atoms with Gasteiger partial charge in [0.2, 0.25) is 0 Å². The van der Waals surface area contributed by atoms with Crippen molar-refractivity contribution in [1.29, 1.82) is 0 Å². The summed E-state index contributed by atoms with van der Waals surface area (Å²) in [5.41, 5.74) is 0. The number of nitrogens with one attached hydrogen (secondary N) is 1. The zero-order valence-electron chi connectivity index (χ0n) is 10.3. The lowest BCUT2D eigenvalue weighted by atomic mass is 10.1. The Morgan fingerprint density at radius 3 is 2.80 bits per heavy atom. The normalized spacial score (nSPS) is 29.6. The molecule has 1 saturated heterocycles. The van der Waals surface area contributed by atoms with Crippen LogP contribution in [0.1, 0.15) is 39.5 Å². The lowest BCUT2D eigenvalue weighted by molar-refractivity contribution is 0.311. The van der Waals surface area contributed by atoms with Crippen LogP contribution in [0, 0.1) is 11.8 Å².